The summed E-state index contributed by atoms with van der Waals surface area (Å²) in [7, 11) is 1.84. The summed E-state index contributed by atoms with van der Waals surface area (Å²) in [4.78, 5) is 9.50. The van der Waals surface area contributed by atoms with E-state index in [0.29, 0.717) is 0 Å². The number of nitrogens with zero attached hydrogens (tertiary/aromatic N) is 3. The normalized spacial score (nSPS) is 16.8. The van der Waals surface area contributed by atoms with Gasteiger partial charge in [0.05, 0.1) is 0 Å². The Hall–Kier alpha value is -1.30. The Balaban J connectivity index is 1.61. The second kappa shape index (κ2) is 12.4. The molecule has 0 amide bonds. The van der Waals surface area contributed by atoms with Crippen molar-refractivity contribution < 1.29 is 0 Å². The van der Waals surface area contributed by atoms with Crippen LogP contribution in [0.25, 0.3) is 0 Å². The predicted octanol–water partition coefficient (Wildman–Crippen LogP) is 3.49. The van der Waals surface area contributed by atoms with Gasteiger partial charge in [-0.25, -0.2) is 0 Å². The lowest BCUT2D eigenvalue weighted by atomic mass is 9.86. The maximum Gasteiger partial charge on any atom is 0.190 e. The molecule has 0 spiro atoms. The zero-order chi connectivity index (χ0) is 21.1. The van der Waals surface area contributed by atoms with Gasteiger partial charge in [0.2, 0.25) is 0 Å². The molecule has 0 radical (unpaired) electrons. The van der Waals surface area contributed by atoms with Crippen molar-refractivity contribution in [3.8, 4) is 0 Å². The quantitative estimate of drug-likeness (QED) is 0.345. The van der Waals surface area contributed by atoms with E-state index in [2.05, 4.69) is 58.3 Å². The third-order valence-corrected chi connectivity index (χ3v) is 5.87. The van der Waals surface area contributed by atoms with Gasteiger partial charge in [0.15, 0.2) is 5.96 Å². The van der Waals surface area contributed by atoms with Gasteiger partial charge < -0.3 is 20.4 Å². The highest BCUT2D eigenvalue weighted by Crippen LogP contribution is 2.22. The second-order valence-corrected chi connectivity index (χ2v) is 9.24. The molecule has 1 fully saturated rings. The van der Waals surface area contributed by atoms with Crippen molar-refractivity contribution in [3.05, 3.63) is 34.9 Å². The fourth-order valence-electron chi connectivity index (χ4n) is 3.80. The van der Waals surface area contributed by atoms with Gasteiger partial charge in [-0.15, -0.1) is 0 Å². The van der Waals surface area contributed by atoms with Gasteiger partial charge in [-0.2, -0.15) is 0 Å². The summed E-state index contributed by atoms with van der Waals surface area (Å²) in [5, 5.41) is 7.75. The van der Waals surface area contributed by atoms with Crippen LogP contribution in [0, 0.1) is 5.41 Å². The number of unbranched alkanes of at least 4 members (excludes halogenated alkanes) is 1. The molecule has 0 saturated carbocycles. The van der Waals surface area contributed by atoms with Crippen molar-refractivity contribution >= 4 is 17.6 Å². The molecule has 1 aliphatic rings. The first-order chi connectivity index (χ1) is 13.9. The van der Waals surface area contributed by atoms with Crippen LogP contribution in [-0.4, -0.2) is 75.2 Å². The van der Waals surface area contributed by atoms with Crippen LogP contribution in [0.4, 0.5) is 0 Å². The average Bonchev–Trinajstić information content (AvgIpc) is 2.70. The third kappa shape index (κ3) is 9.37. The average molecular weight is 422 g/mol. The Morgan fingerprint density at radius 1 is 1.10 bits per heavy atom. The number of halogens is 1. The summed E-state index contributed by atoms with van der Waals surface area (Å²) in [5.74, 6) is 0.890. The topological polar surface area (TPSA) is 42.9 Å². The van der Waals surface area contributed by atoms with Crippen molar-refractivity contribution in [2.75, 3.05) is 59.4 Å². The van der Waals surface area contributed by atoms with Crippen molar-refractivity contribution in [2.45, 2.75) is 40.0 Å². The highest BCUT2D eigenvalue weighted by molar-refractivity contribution is 6.30. The summed E-state index contributed by atoms with van der Waals surface area (Å²) < 4.78 is 0. The lowest BCUT2D eigenvalue weighted by Crippen LogP contribution is -2.46. The van der Waals surface area contributed by atoms with Crippen LogP contribution in [0.3, 0.4) is 0 Å². The molecule has 2 N–H and O–H groups in total. The summed E-state index contributed by atoms with van der Waals surface area (Å²) >= 11 is 6.12. The first-order valence-electron chi connectivity index (χ1n) is 11.1. The van der Waals surface area contributed by atoms with Gasteiger partial charge in [-0.05, 0) is 55.5 Å². The number of benzene rings is 1. The van der Waals surface area contributed by atoms with Gasteiger partial charge in [0.1, 0.15) is 0 Å². The Bertz CT molecular complexity index is 623. The van der Waals surface area contributed by atoms with Crippen molar-refractivity contribution in [3.63, 3.8) is 0 Å². The molecule has 0 bridgehead atoms. The second-order valence-electron chi connectivity index (χ2n) is 8.81. The van der Waals surface area contributed by atoms with E-state index in [1.54, 1.807) is 0 Å². The molecule has 2 rings (SSSR count). The molecule has 0 aliphatic carbocycles. The van der Waals surface area contributed by atoms with Gasteiger partial charge >= 0.3 is 0 Å². The number of hydrogen-bond acceptors (Lipinski definition) is 3. The van der Waals surface area contributed by atoms with Gasteiger partial charge in [-0.1, -0.05) is 44.5 Å². The van der Waals surface area contributed by atoms with Crippen LogP contribution in [0.5, 0.6) is 0 Å². The standard InChI is InChI=1S/C23H40ClN5/c1-5-28-13-15-29(16-14-28)12-7-6-11-26-22(25-4)27-19-23(2,3)18-20-9-8-10-21(24)17-20/h8-10,17H,5-7,11-16,18-19H2,1-4H3,(H2,25,26,27). The number of guanidine groups is 1. The SMILES string of the molecule is CCN1CCN(CCCCNC(=NC)NCC(C)(C)Cc2cccc(Cl)c2)CC1. The Morgan fingerprint density at radius 3 is 2.48 bits per heavy atom. The maximum absolute atomic E-state index is 6.12. The van der Waals surface area contributed by atoms with Crippen LogP contribution >= 0.6 is 11.6 Å². The molecule has 0 unspecified atom stereocenters. The van der Waals surface area contributed by atoms with E-state index >= 15 is 0 Å². The summed E-state index contributed by atoms with van der Waals surface area (Å²) in [5.41, 5.74) is 1.38. The van der Waals surface area contributed by atoms with E-state index in [0.717, 1.165) is 30.5 Å². The Labute approximate surface area is 182 Å². The van der Waals surface area contributed by atoms with Gasteiger partial charge in [0, 0.05) is 51.3 Å². The first kappa shape index (κ1) is 24.0. The van der Waals surface area contributed by atoms with Crippen molar-refractivity contribution in [1.29, 1.82) is 0 Å². The maximum atomic E-state index is 6.12. The zero-order valence-electron chi connectivity index (χ0n) is 18.8. The molecule has 164 valence electrons. The monoisotopic (exact) mass is 421 g/mol. The van der Waals surface area contributed by atoms with E-state index in [-0.39, 0.29) is 5.41 Å². The van der Waals surface area contributed by atoms with Crippen molar-refractivity contribution in [2.24, 2.45) is 10.4 Å². The molecule has 1 aromatic rings. The van der Waals surface area contributed by atoms with Crippen molar-refractivity contribution in [1.82, 2.24) is 20.4 Å². The minimum atomic E-state index is 0.114. The van der Waals surface area contributed by atoms with E-state index in [1.807, 2.05) is 19.2 Å². The molecule has 29 heavy (non-hydrogen) atoms. The number of aliphatic imine (C=N–C) groups is 1. The Kier molecular flexibility index (Phi) is 10.3. The highest BCUT2D eigenvalue weighted by atomic mass is 35.5. The molecular formula is C23H40ClN5. The molecule has 5 nitrogen and oxygen atoms in total. The zero-order valence-corrected chi connectivity index (χ0v) is 19.6. The molecule has 0 atom stereocenters. The first-order valence-corrected chi connectivity index (χ1v) is 11.4. The highest BCUT2D eigenvalue weighted by Gasteiger charge is 2.19. The fraction of sp³-hybridized carbons (Fsp3) is 0.696. The van der Waals surface area contributed by atoms with Crippen LogP contribution in [-0.2, 0) is 6.42 Å². The van der Waals surface area contributed by atoms with Crippen LogP contribution in [0.15, 0.2) is 29.3 Å². The van der Waals surface area contributed by atoms with Crippen LogP contribution < -0.4 is 10.6 Å². The minimum absolute atomic E-state index is 0.114. The van der Waals surface area contributed by atoms with E-state index < -0.39 is 0 Å². The predicted molar refractivity (Wildman–Crippen MR) is 126 cm³/mol. The van der Waals surface area contributed by atoms with Gasteiger partial charge in [0.25, 0.3) is 0 Å². The van der Waals surface area contributed by atoms with E-state index in [4.69, 9.17) is 11.6 Å². The largest absolute Gasteiger partial charge is 0.356 e. The summed E-state index contributed by atoms with van der Waals surface area (Å²) in [6.45, 7) is 15.9. The Morgan fingerprint density at radius 2 is 1.83 bits per heavy atom. The summed E-state index contributed by atoms with van der Waals surface area (Å²) in [6.07, 6.45) is 3.37. The molecule has 1 aliphatic heterocycles. The van der Waals surface area contributed by atoms with E-state index in [9.17, 15) is 0 Å². The third-order valence-electron chi connectivity index (χ3n) is 5.64. The van der Waals surface area contributed by atoms with Crippen LogP contribution in [0.1, 0.15) is 39.2 Å². The van der Waals surface area contributed by atoms with Crippen LogP contribution in [0.2, 0.25) is 5.02 Å². The molecule has 1 aromatic carbocycles. The molecule has 1 heterocycles. The minimum Gasteiger partial charge on any atom is -0.356 e. The lowest BCUT2D eigenvalue weighted by Gasteiger charge is -2.34. The lowest BCUT2D eigenvalue weighted by molar-refractivity contribution is 0.136. The smallest absolute Gasteiger partial charge is 0.190 e. The van der Waals surface area contributed by atoms with E-state index in [1.165, 1.54) is 57.7 Å². The molecular weight excluding hydrogens is 382 g/mol. The molecule has 6 heteroatoms. The number of rotatable bonds is 10. The number of hydrogen-bond donors (Lipinski definition) is 2. The summed E-state index contributed by atoms with van der Waals surface area (Å²) in [6, 6.07) is 8.14. The number of nitrogens with one attached hydrogen (secondary N) is 2. The molecule has 1 saturated heterocycles. The number of piperazine rings is 1. The van der Waals surface area contributed by atoms with Gasteiger partial charge in [-0.3, -0.25) is 4.99 Å². The number of likely N-dealkylation sites (N-methyl/N-ethyl adjacent to an activating group) is 1. The fourth-order valence-corrected chi connectivity index (χ4v) is 4.01. The molecule has 0 aromatic heterocycles.